The van der Waals surface area contributed by atoms with Gasteiger partial charge < -0.3 is 35.2 Å². The SMILES string of the molecule is COc1cccc(N[C@@H]2O[C@@H](CO)[C@@H](O)[C@@H](O)[C@@H]2O)c1. The van der Waals surface area contributed by atoms with Crippen molar-refractivity contribution in [2.45, 2.75) is 30.6 Å². The van der Waals surface area contributed by atoms with Crippen LogP contribution in [0.5, 0.6) is 5.75 Å². The zero-order valence-electron chi connectivity index (χ0n) is 11.0. The number of methoxy groups -OCH3 is 1. The lowest BCUT2D eigenvalue weighted by atomic mass is 9.98. The molecule has 2 rings (SSSR count). The molecule has 1 aromatic rings. The summed E-state index contributed by atoms with van der Waals surface area (Å²) >= 11 is 0. The van der Waals surface area contributed by atoms with Crippen molar-refractivity contribution < 1.29 is 29.9 Å². The van der Waals surface area contributed by atoms with Crippen molar-refractivity contribution in [1.82, 2.24) is 0 Å². The van der Waals surface area contributed by atoms with Gasteiger partial charge in [0.1, 0.15) is 30.2 Å². The van der Waals surface area contributed by atoms with Gasteiger partial charge >= 0.3 is 0 Å². The van der Waals surface area contributed by atoms with Gasteiger partial charge in [0.25, 0.3) is 0 Å². The van der Waals surface area contributed by atoms with Crippen LogP contribution in [0.2, 0.25) is 0 Å². The molecule has 112 valence electrons. The topological polar surface area (TPSA) is 111 Å². The molecule has 1 saturated heterocycles. The summed E-state index contributed by atoms with van der Waals surface area (Å²) in [5, 5.41) is 41.3. The van der Waals surface area contributed by atoms with E-state index in [4.69, 9.17) is 14.6 Å². The summed E-state index contributed by atoms with van der Waals surface area (Å²) in [6.45, 7) is -0.457. The lowest BCUT2D eigenvalue weighted by molar-refractivity contribution is -0.221. The Kier molecular flexibility index (Phi) is 4.79. The van der Waals surface area contributed by atoms with E-state index in [2.05, 4.69) is 5.32 Å². The highest BCUT2D eigenvalue weighted by Crippen LogP contribution is 2.24. The van der Waals surface area contributed by atoms with Gasteiger partial charge in [0.15, 0.2) is 6.23 Å². The molecular weight excluding hydrogens is 266 g/mol. The van der Waals surface area contributed by atoms with Gasteiger partial charge in [-0.05, 0) is 12.1 Å². The molecule has 1 fully saturated rings. The normalized spacial score (nSPS) is 33.8. The van der Waals surface area contributed by atoms with Crippen LogP contribution < -0.4 is 10.1 Å². The van der Waals surface area contributed by atoms with Crippen LogP contribution >= 0.6 is 0 Å². The maximum atomic E-state index is 9.90. The second-order valence-corrected chi connectivity index (χ2v) is 4.63. The lowest BCUT2D eigenvalue weighted by Gasteiger charge is -2.40. The minimum atomic E-state index is -1.40. The smallest absolute Gasteiger partial charge is 0.157 e. The summed E-state index contributed by atoms with van der Waals surface area (Å²) in [7, 11) is 1.53. The monoisotopic (exact) mass is 285 g/mol. The molecule has 1 heterocycles. The number of benzene rings is 1. The summed E-state index contributed by atoms with van der Waals surface area (Å²) in [4.78, 5) is 0. The molecule has 0 aliphatic carbocycles. The highest BCUT2D eigenvalue weighted by molar-refractivity contribution is 5.48. The lowest BCUT2D eigenvalue weighted by Crippen LogP contribution is -2.60. The van der Waals surface area contributed by atoms with E-state index in [9.17, 15) is 15.3 Å². The van der Waals surface area contributed by atoms with Crippen molar-refractivity contribution in [3.63, 3.8) is 0 Å². The van der Waals surface area contributed by atoms with Gasteiger partial charge in [-0.2, -0.15) is 0 Å². The Balaban J connectivity index is 2.10. The second-order valence-electron chi connectivity index (χ2n) is 4.63. The number of aliphatic hydroxyl groups excluding tert-OH is 4. The number of rotatable bonds is 4. The first kappa shape index (κ1) is 15.0. The quantitative estimate of drug-likeness (QED) is 0.478. The number of aliphatic hydroxyl groups is 4. The maximum Gasteiger partial charge on any atom is 0.157 e. The van der Waals surface area contributed by atoms with Crippen molar-refractivity contribution in [3.8, 4) is 5.75 Å². The number of hydrogen-bond acceptors (Lipinski definition) is 7. The molecule has 1 aliphatic rings. The Morgan fingerprint density at radius 2 is 1.95 bits per heavy atom. The van der Waals surface area contributed by atoms with Crippen LogP contribution in [0.15, 0.2) is 24.3 Å². The molecule has 0 radical (unpaired) electrons. The van der Waals surface area contributed by atoms with Crippen molar-refractivity contribution >= 4 is 5.69 Å². The van der Waals surface area contributed by atoms with E-state index in [1.54, 1.807) is 24.3 Å². The van der Waals surface area contributed by atoms with Crippen molar-refractivity contribution in [2.75, 3.05) is 19.0 Å². The molecule has 1 aliphatic heterocycles. The number of anilines is 1. The Morgan fingerprint density at radius 3 is 2.60 bits per heavy atom. The highest BCUT2D eigenvalue weighted by atomic mass is 16.6. The fraction of sp³-hybridized carbons (Fsp3) is 0.538. The van der Waals surface area contributed by atoms with Crippen LogP contribution in [0, 0.1) is 0 Å². The fourth-order valence-electron chi connectivity index (χ4n) is 2.10. The summed E-state index contributed by atoms with van der Waals surface area (Å²) in [5.74, 6) is 0.625. The molecule has 7 heteroatoms. The minimum absolute atomic E-state index is 0.457. The van der Waals surface area contributed by atoms with E-state index >= 15 is 0 Å². The molecule has 0 bridgehead atoms. The molecule has 5 N–H and O–H groups in total. The first-order valence-corrected chi connectivity index (χ1v) is 6.28. The van der Waals surface area contributed by atoms with Gasteiger partial charge in [-0.1, -0.05) is 6.07 Å². The van der Waals surface area contributed by atoms with Crippen molar-refractivity contribution in [1.29, 1.82) is 0 Å². The van der Waals surface area contributed by atoms with Crippen LogP contribution in [0.25, 0.3) is 0 Å². The Bertz CT molecular complexity index is 441. The molecule has 5 atom stereocenters. The molecular formula is C13H19NO6. The summed E-state index contributed by atoms with van der Waals surface area (Å²) in [5.41, 5.74) is 0.619. The predicted molar refractivity (Wildman–Crippen MR) is 70.4 cm³/mol. The molecule has 0 saturated carbocycles. The standard InChI is InChI=1S/C13H19NO6/c1-19-8-4-2-3-7(5-8)14-13-12(18)11(17)10(16)9(6-15)20-13/h2-5,9-18H,6H2,1H3/t9-,10+,11+,12-,13+/m0/s1. The molecule has 0 unspecified atom stereocenters. The van der Waals surface area contributed by atoms with Crippen molar-refractivity contribution in [3.05, 3.63) is 24.3 Å². The minimum Gasteiger partial charge on any atom is -0.497 e. The average Bonchev–Trinajstić information content (AvgIpc) is 2.48. The summed E-state index contributed by atoms with van der Waals surface area (Å²) in [6.07, 6.45) is -5.96. The van der Waals surface area contributed by atoms with Gasteiger partial charge in [-0.25, -0.2) is 0 Å². The van der Waals surface area contributed by atoms with Gasteiger partial charge in [0, 0.05) is 11.8 Å². The van der Waals surface area contributed by atoms with Gasteiger partial charge in [0.2, 0.25) is 0 Å². The van der Waals surface area contributed by atoms with Crippen LogP contribution in [-0.4, -0.2) is 64.8 Å². The third kappa shape index (κ3) is 3.02. The first-order chi connectivity index (χ1) is 9.56. The first-order valence-electron chi connectivity index (χ1n) is 6.28. The fourth-order valence-corrected chi connectivity index (χ4v) is 2.10. The average molecular weight is 285 g/mol. The third-order valence-electron chi connectivity index (χ3n) is 3.27. The Hall–Kier alpha value is -1.38. The van der Waals surface area contributed by atoms with E-state index < -0.39 is 37.3 Å². The molecule has 0 aromatic heterocycles. The number of nitrogens with one attached hydrogen (secondary N) is 1. The largest absolute Gasteiger partial charge is 0.497 e. The van der Waals surface area contributed by atoms with E-state index in [-0.39, 0.29) is 0 Å². The second kappa shape index (κ2) is 6.38. The Labute approximate surface area is 116 Å². The van der Waals surface area contributed by atoms with Crippen LogP contribution in [-0.2, 0) is 4.74 Å². The highest BCUT2D eigenvalue weighted by Gasteiger charge is 2.43. The van der Waals surface area contributed by atoms with E-state index in [0.29, 0.717) is 11.4 Å². The van der Waals surface area contributed by atoms with E-state index in [1.165, 1.54) is 7.11 Å². The number of ether oxygens (including phenoxy) is 2. The van der Waals surface area contributed by atoms with E-state index in [0.717, 1.165) is 0 Å². The van der Waals surface area contributed by atoms with Crippen LogP contribution in [0.3, 0.4) is 0 Å². The summed E-state index contributed by atoms with van der Waals surface area (Å²) < 4.78 is 10.4. The van der Waals surface area contributed by atoms with Crippen LogP contribution in [0.4, 0.5) is 5.69 Å². The van der Waals surface area contributed by atoms with Gasteiger partial charge in [-0.3, -0.25) is 0 Å². The molecule has 7 nitrogen and oxygen atoms in total. The molecule has 0 amide bonds. The molecule has 20 heavy (non-hydrogen) atoms. The molecule has 0 spiro atoms. The van der Waals surface area contributed by atoms with Gasteiger partial charge in [-0.15, -0.1) is 0 Å². The molecule has 1 aromatic carbocycles. The Morgan fingerprint density at radius 1 is 1.20 bits per heavy atom. The number of hydrogen-bond donors (Lipinski definition) is 5. The zero-order valence-corrected chi connectivity index (χ0v) is 11.0. The maximum absolute atomic E-state index is 9.90. The van der Waals surface area contributed by atoms with E-state index in [1.807, 2.05) is 0 Å². The van der Waals surface area contributed by atoms with Crippen molar-refractivity contribution in [2.24, 2.45) is 0 Å². The van der Waals surface area contributed by atoms with Crippen LogP contribution in [0.1, 0.15) is 0 Å². The third-order valence-corrected chi connectivity index (χ3v) is 3.27. The van der Waals surface area contributed by atoms with Gasteiger partial charge in [0.05, 0.1) is 13.7 Å². The zero-order chi connectivity index (χ0) is 14.7. The predicted octanol–water partition coefficient (Wildman–Crippen LogP) is -1.09. The summed E-state index contributed by atoms with van der Waals surface area (Å²) in [6, 6.07) is 6.95.